The third-order valence-corrected chi connectivity index (χ3v) is 4.02. The number of hydrogen-bond donors (Lipinski definition) is 2. The molecule has 0 aliphatic carbocycles. The summed E-state index contributed by atoms with van der Waals surface area (Å²) in [7, 11) is 0. The van der Waals surface area contributed by atoms with Crippen LogP contribution in [-0.2, 0) is 10.2 Å². The van der Waals surface area contributed by atoms with E-state index in [0.717, 1.165) is 35.2 Å². The van der Waals surface area contributed by atoms with Gasteiger partial charge in [-0.2, -0.15) is 0 Å². The lowest BCUT2D eigenvalue weighted by Crippen LogP contribution is -2.36. The highest BCUT2D eigenvalue weighted by Gasteiger charge is 2.48. The number of carbonyl (C=O) groups is 1. The summed E-state index contributed by atoms with van der Waals surface area (Å²) in [4.78, 5) is 12.0. The molecule has 1 fully saturated rings. The zero-order valence-corrected chi connectivity index (χ0v) is 9.73. The molecular weight excluding hydrogens is 256 g/mol. The number of carbonyl (C=O) groups excluding carboxylic acids is 1. The summed E-state index contributed by atoms with van der Waals surface area (Å²) < 4.78 is 0.970. The molecule has 1 atom stereocenters. The van der Waals surface area contributed by atoms with Crippen molar-refractivity contribution in [1.29, 1.82) is 0 Å². The van der Waals surface area contributed by atoms with Crippen LogP contribution in [0.5, 0.6) is 0 Å². The summed E-state index contributed by atoms with van der Waals surface area (Å²) in [6, 6.07) is 5.99. The maximum absolute atomic E-state index is 12.0. The Balaban J connectivity index is 2.21. The Hall–Kier alpha value is -0.870. The molecule has 1 saturated heterocycles. The Morgan fingerprint density at radius 2 is 2.27 bits per heavy atom. The summed E-state index contributed by atoms with van der Waals surface area (Å²) in [6.45, 7) is 1.67. The maximum atomic E-state index is 12.0. The van der Waals surface area contributed by atoms with Crippen LogP contribution in [0.3, 0.4) is 0 Å². The zero-order chi connectivity index (χ0) is 10.5. The molecule has 2 aliphatic heterocycles. The van der Waals surface area contributed by atoms with Crippen molar-refractivity contribution in [3.05, 3.63) is 28.2 Å². The van der Waals surface area contributed by atoms with Gasteiger partial charge in [-0.05, 0) is 40.5 Å². The lowest BCUT2D eigenvalue weighted by atomic mass is 9.81. The number of nitrogens with one attached hydrogen (secondary N) is 2. The Bertz CT molecular complexity index is 438. The van der Waals surface area contributed by atoms with Crippen molar-refractivity contribution in [2.24, 2.45) is 0 Å². The van der Waals surface area contributed by atoms with Gasteiger partial charge in [-0.3, -0.25) is 4.79 Å². The topological polar surface area (TPSA) is 41.1 Å². The van der Waals surface area contributed by atoms with E-state index in [1.54, 1.807) is 0 Å². The van der Waals surface area contributed by atoms with Gasteiger partial charge in [0.25, 0.3) is 0 Å². The molecule has 2 aliphatic rings. The molecule has 3 rings (SSSR count). The highest BCUT2D eigenvalue weighted by Crippen LogP contribution is 2.44. The molecule has 1 amide bonds. The van der Waals surface area contributed by atoms with Gasteiger partial charge in [0, 0.05) is 11.0 Å². The smallest absolute Gasteiger partial charge is 0.236 e. The molecule has 3 nitrogen and oxygen atoms in total. The van der Waals surface area contributed by atoms with Gasteiger partial charge in [0.15, 0.2) is 0 Å². The van der Waals surface area contributed by atoms with Gasteiger partial charge in [-0.15, -0.1) is 0 Å². The normalized spacial score (nSPS) is 28.2. The number of para-hydroxylation sites is 1. The summed E-state index contributed by atoms with van der Waals surface area (Å²) in [5.41, 5.74) is 1.76. The van der Waals surface area contributed by atoms with E-state index in [9.17, 15) is 4.79 Å². The fourth-order valence-electron chi connectivity index (χ4n) is 2.52. The van der Waals surface area contributed by atoms with E-state index in [4.69, 9.17) is 0 Å². The van der Waals surface area contributed by atoms with Crippen LogP contribution in [0.4, 0.5) is 5.69 Å². The Labute approximate surface area is 96.4 Å². The second-order valence-electron chi connectivity index (χ2n) is 4.13. The van der Waals surface area contributed by atoms with E-state index in [2.05, 4.69) is 26.6 Å². The zero-order valence-electron chi connectivity index (χ0n) is 8.14. The Morgan fingerprint density at radius 3 is 3.00 bits per heavy atom. The first-order chi connectivity index (χ1) is 7.24. The molecule has 2 N–H and O–H groups in total. The fraction of sp³-hybridized carbons (Fsp3) is 0.364. The summed E-state index contributed by atoms with van der Waals surface area (Å²) in [5, 5.41) is 6.24. The van der Waals surface area contributed by atoms with Crippen molar-refractivity contribution in [3.8, 4) is 0 Å². The minimum Gasteiger partial charge on any atom is -0.324 e. The van der Waals surface area contributed by atoms with E-state index in [-0.39, 0.29) is 11.3 Å². The molecule has 0 bridgehead atoms. The van der Waals surface area contributed by atoms with Gasteiger partial charge in [-0.1, -0.05) is 12.1 Å². The van der Waals surface area contributed by atoms with Crippen LogP contribution in [0, 0.1) is 0 Å². The molecule has 1 spiro atoms. The van der Waals surface area contributed by atoms with Crippen molar-refractivity contribution >= 4 is 27.5 Å². The fourth-order valence-corrected chi connectivity index (χ4v) is 2.99. The van der Waals surface area contributed by atoms with Gasteiger partial charge in [0.2, 0.25) is 5.91 Å². The first kappa shape index (κ1) is 9.36. The predicted octanol–water partition coefficient (Wildman–Crippen LogP) is 1.63. The second kappa shape index (κ2) is 3.06. The average molecular weight is 267 g/mol. The molecule has 0 saturated carbocycles. The standard InChI is InChI=1S/C11H11BrN2O/c12-8-3-1-2-7-9(8)14-10(15)11(7)4-5-13-6-11/h1-3,13H,4-6H2,(H,14,15)/t11-/m0/s1. The number of benzene rings is 1. The molecule has 4 heteroatoms. The number of halogens is 1. The lowest BCUT2D eigenvalue weighted by molar-refractivity contribution is -0.120. The van der Waals surface area contributed by atoms with Gasteiger partial charge >= 0.3 is 0 Å². The summed E-state index contributed by atoms with van der Waals surface area (Å²) in [5.74, 6) is 0.134. The first-order valence-electron chi connectivity index (χ1n) is 5.05. The third kappa shape index (κ3) is 1.12. The van der Waals surface area contributed by atoms with Crippen LogP contribution < -0.4 is 10.6 Å². The van der Waals surface area contributed by atoms with Crippen molar-refractivity contribution in [2.75, 3.05) is 18.4 Å². The maximum Gasteiger partial charge on any atom is 0.236 e. The number of hydrogen-bond acceptors (Lipinski definition) is 2. The third-order valence-electron chi connectivity index (χ3n) is 3.36. The van der Waals surface area contributed by atoms with Crippen molar-refractivity contribution in [3.63, 3.8) is 0 Å². The molecule has 78 valence electrons. The van der Waals surface area contributed by atoms with E-state index < -0.39 is 0 Å². The van der Waals surface area contributed by atoms with Gasteiger partial charge in [0.1, 0.15) is 0 Å². The lowest BCUT2D eigenvalue weighted by Gasteiger charge is -2.19. The van der Waals surface area contributed by atoms with Crippen LogP contribution in [0.15, 0.2) is 22.7 Å². The number of fused-ring (bicyclic) bond motifs is 2. The SMILES string of the molecule is O=C1Nc2c(Br)cccc2[C@@]12CCNC2. The molecule has 1 aromatic rings. The van der Waals surface area contributed by atoms with E-state index >= 15 is 0 Å². The molecule has 0 aromatic heterocycles. The van der Waals surface area contributed by atoms with Crippen molar-refractivity contribution in [2.45, 2.75) is 11.8 Å². The highest BCUT2D eigenvalue weighted by atomic mass is 79.9. The van der Waals surface area contributed by atoms with Gasteiger partial charge in [0.05, 0.1) is 11.1 Å². The van der Waals surface area contributed by atoms with Crippen LogP contribution in [-0.4, -0.2) is 19.0 Å². The number of rotatable bonds is 0. The van der Waals surface area contributed by atoms with Crippen LogP contribution in [0.2, 0.25) is 0 Å². The largest absolute Gasteiger partial charge is 0.324 e. The second-order valence-corrected chi connectivity index (χ2v) is 4.98. The highest BCUT2D eigenvalue weighted by molar-refractivity contribution is 9.10. The first-order valence-corrected chi connectivity index (χ1v) is 5.84. The monoisotopic (exact) mass is 266 g/mol. The van der Waals surface area contributed by atoms with Crippen LogP contribution >= 0.6 is 15.9 Å². The van der Waals surface area contributed by atoms with Crippen molar-refractivity contribution in [1.82, 2.24) is 5.32 Å². The predicted molar refractivity (Wildman–Crippen MR) is 61.9 cm³/mol. The minimum absolute atomic E-state index is 0.134. The molecule has 0 unspecified atom stereocenters. The quantitative estimate of drug-likeness (QED) is 0.750. The van der Waals surface area contributed by atoms with Gasteiger partial charge < -0.3 is 10.6 Å². The molecule has 15 heavy (non-hydrogen) atoms. The average Bonchev–Trinajstić information content (AvgIpc) is 2.79. The molecular formula is C11H11BrN2O. The Kier molecular flexibility index (Phi) is 1.91. The number of amides is 1. The minimum atomic E-state index is -0.320. The van der Waals surface area contributed by atoms with E-state index in [1.165, 1.54) is 0 Å². The van der Waals surface area contributed by atoms with E-state index in [1.807, 2.05) is 18.2 Å². The van der Waals surface area contributed by atoms with Crippen LogP contribution in [0.1, 0.15) is 12.0 Å². The molecule has 2 heterocycles. The molecule has 0 radical (unpaired) electrons. The van der Waals surface area contributed by atoms with Crippen molar-refractivity contribution < 1.29 is 4.79 Å². The summed E-state index contributed by atoms with van der Waals surface area (Å²) in [6.07, 6.45) is 0.891. The Morgan fingerprint density at radius 1 is 1.40 bits per heavy atom. The molecule has 1 aromatic carbocycles. The van der Waals surface area contributed by atoms with E-state index in [0.29, 0.717) is 0 Å². The van der Waals surface area contributed by atoms with Gasteiger partial charge in [-0.25, -0.2) is 0 Å². The number of anilines is 1. The summed E-state index contributed by atoms with van der Waals surface area (Å²) >= 11 is 3.47. The van der Waals surface area contributed by atoms with Crippen LogP contribution in [0.25, 0.3) is 0 Å².